The molecule has 24 heavy (non-hydrogen) atoms. The topological polar surface area (TPSA) is 49.9 Å². The van der Waals surface area contributed by atoms with Crippen molar-refractivity contribution in [1.82, 2.24) is 9.80 Å². The third-order valence-corrected chi connectivity index (χ3v) is 4.26. The number of hydrogen-bond donors (Lipinski definition) is 0. The molecule has 0 radical (unpaired) electrons. The van der Waals surface area contributed by atoms with Crippen LogP contribution in [0.1, 0.15) is 36.7 Å². The second-order valence-electron chi connectivity index (χ2n) is 6.07. The van der Waals surface area contributed by atoms with Crippen LogP contribution in [0.2, 0.25) is 0 Å². The van der Waals surface area contributed by atoms with Crippen LogP contribution in [0.25, 0.3) is 0 Å². The Morgan fingerprint density at radius 3 is 2.17 bits per heavy atom. The average Bonchev–Trinajstić information content (AvgIpc) is 2.60. The van der Waals surface area contributed by atoms with Gasteiger partial charge in [0.05, 0.1) is 13.0 Å². The van der Waals surface area contributed by atoms with Crippen molar-refractivity contribution < 1.29 is 14.3 Å². The van der Waals surface area contributed by atoms with Crippen molar-refractivity contribution >= 4 is 11.9 Å². The van der Waals surface area contributed by atoms with E-state index in [0.29, 0.717) is 18.7 Å². The number of carbonyl (C=O) groups excluding carboxylic acids is 2. The zero-order valence-electron chi connectivity index (χ0n) is 15.5. The number of aryl methyl sites for hydroxylation is 1. The van der Waals surface area contributed by atoms with E-state index in [1.807, 2.05) is 31.2 Å². The quantitative estimate of drug-likeness (QED) is 0.651. The molecule has 1 amide bonds. The third-order valence-electron chi connectivity index (χ3n) is 4.26. The minimum Gasteiger partial charge on any atom is -0.469 e. The monoisotopic (exact) mass is 334 g/mol. The first-order valence-electron chi connectivity index (χ1n) is 8.59. The Labute approximate surface area is 145 Å². The van der Waals surface area contributed by atoms with Crippen LogP contribution >= 0.6 is 0 Å². The number of benzene rings is 1. The van der Waals surface area contributed by atoms with E-state index in [4.69, 9.17) is 4.74 Å². The summed E-state index contributed by atoms with van der Waals surface area (Å²) in [6, 6.07) is 7.54. The second kappa shape index (κ2) is 10.1. The van der Waals surface area contributed by atoms with Crippen LogP contribution in [0.3, 0.4) is 0 Å². The van der Waals surface area contributed by atoms with Gasteiger partial charge in [0.25, 0.3) is 5.91 Å². The Bertz CT molecular complexity index is 524. The molecule has 0 fully saturated rings. The fourth-order valence-corrected chi connectivity index (χ4v) is 2.56. The van der Waals surface area contributed by atoms with E-state index in [0.717, 1.165) is 25.2 Å². The number of carbonyl (C=O) groups is 2. The normalized spacial score (nSPS) is 12.1. The zero-order valence-corrected chi connectivity index (χ0v) is 15.5. The fourth-order valence-electron chi connectivity index (χ4n) is 2.56. The van der Waals surface area contributed by atoms with Gasteiger partial charge < -0.3 is 14.5 Å². The first-order chi connectivity index (χ1) is 11.4. The summed E-state index contributed by atoms with van der Waals surface area (Å²) in [6.45, 7) is 11.6. The molecular formula is C19H30N2O3. The summed E-state index contributed by atoms with van der Waals surface area (Å²) in [6.07, 6.45) is 0. The van der Waals surface area contributed by atoms with Gasteiger partial charge in [-0.2, -0.15) is 0 Å². The van der Waals surface area contributed by atoms with Crippen LogP contribution in [-0.4, -0.2) is 61.5 Å². The standard InChI is InChI=1S/C19H30N2O3/c1-6-20(7-2)12-13-21(14-16(4)19(23)24-5)18(22)17-10-8-15(3)9-11-17/h8-11,16H,6-7,12-14H2,1-5H3. The molecule has 0 aliphatic rings. The lowest BCUT2D eigenvalue weighted by atomic mass is 10.1. The van der Waals surface area contributed by atoms with Crippen LogP contribution in [0, 0.1) is 12.8 Å². The van der Waals surface area contributed by atoms with Gasteiger partial charge in [0, 0.05) is 25.2 Å². The van der Waals surface area contributed by atoms with Crippen LogP contribution < -0.4 is 0 Å². The molecule has 0 saturated heterocycles. The summed E-state index contributed by atoms with van der Waals surface area (Å²) >= 11 is 0. The van der Waals surface area contributed by atoms with Gasteiger partial charge in [-0.1, -0.05) is 38.5 Å². The maximum atomic E-state index is 12.8. The van der Waals surface area contributed by atoms with E-state index in [1.165, 1.54) is 7.11 Å². The molecule has 0 heterocycles. The zero-order chi connectivity index (χ0) is 18.1. The Morgan fingerprint density at radius 2 is 1.67 bits per heavy atom. The number of nitrogens with zero attached hydrogens (tertiary/aromatic N) is 2. The van der Waals surface area contributed by atoms with Crippen molar-refractivity contribution in [2.45, 2.75) is 27.7 Å². The van der Waals surface area contributed by atoms with Crippen molar-refractivity contribution in [3.8, 4) is 0 Å². The fraction of sp³-hybridized carbons (Fsp3) is 0.579. The molecule has 1 rings (SSSR count). The highest BCUT2D eigenvalue weighted by Gasteiger charge is 2.22. The molecule has 0 aliphatic carbocycles. The lowest BCUT2D eigenvalue weighted by molar-refractivity contribution is -0.145. The van der Waals surface area contributed by atoms with Gasteiger partial charge in [0.15, 0.2) is 0 Å². The molecule has 0 aromatic heterocycles. The number of likely N-dealkylation sites (N-methyl/N-ethyl adjacent to an activating group) is 1. The van der Waals surface area contributed by atoms with Gasteiger partial charge in [-0.3, -0.25) is 9.59 Å². The maximum Gasteiger partial charge on any atom is 0.310 e. The Morgan fingerprint density at radius 1 is 1.08 bits per heavy atom. The SMILES string of the molecule is CCN(CC)CCN(CC(C)C(=O)OC)C(=O)c1ccc(C)cc1. The smallest absolute Gasteiger partial charge is 0.310 e. The van der Waals surface area contributed by atoms with E-state index in [2.05, 4.69) is 18.7 Å². The number of ether oxygens (including phenoxy) is 1. The van der Waals surface area contributed by atoms with Crippen LogP contribution in [0.4, 0.5) is 0 Å². The van der Waals surface area contributed by atoms with E-state index in [1.54, 1.807) is 11.8 Å². The number of rotatable bonds is 9. The third kappa shape index (κ3) is 5.96. The first kappa shape index (κ1) is 20.2. The molecule has 5 nitrogen and oxygen atoms in total. The van der Waals surface area contributed by atoms with Gasteiger partial charge in [-0.15, -0.1) is 0 Å². The molecule has 5 heteroatoms. The molecule has 0 aliphatic heterocycles. The molecule has 0 saturated carbocycles. The van der Waals surface area contributed by atoms with Crippen molar-refractivity contribution in [3.05, 3.63) is 35.4 Å². The van der Waals surface area contributed by atoms with Gasteiger partial charge in [-0.25, -0.2) is 0 Å². The van der Waals surface area contributed by atoms with E-state index in [9.17, 15) is 9.59 Å². The summed E-state index contributed by atoms with van der Waals surface area (Å²) in [5.74, 6) is -0.682. The molecule has 1 aromatic rings. The van der Waals surface area contributed by atoms with E-state index >= 15 is 0 Å². The summed E-state index contributed by atoms with van der Waals surface area (Å²) in [5, 5.41) is 0. The lowest BCUT2D eigenvalue weighted by Crippen LogP contribution is -2.42. The van der Waals surface area contributed by atoms with Crippen molar-refractivity contribution in [1.29, 1.82) is 0 Å². The van der Waals surface area contributed by atoms with Crippen molar-refractivity contribution in [2.24, 2.45) is 5.92 Å². The van der Waals surface area contributed by atoms with Gasteiger partial charge in [-0.05, 0) is 32.1 Å². The van der Waals surface area contributed by atoms with Gasteiger partial charge in [0.1, 0.15) is 0 Å². The van der Waals surface area contributed by atoms with Crippen LogP contribution in [-0.2, 0) is 9.53 Å². The van der Waals surface area contributed by atoms with Crippen molar-refractivity contribution in [2.75, 3.05) is 39.8 Å². The molecule has 0 spiro atoms. The molecule has 134 valence electrons. The highest BCUT2D eigenvalue weighted by molar-refractivity contribution is 5.94. The minimum atomic E-state index is -0.346. The van der Waals surface area contributed by atoms with Gasteiger partial charge >= 0.3 is 5.97 Å². The second-order valence-corrected chi connectivity index (χ2v) is 6.07. The summed E-state index contributed by atoms with van der Waals surface area (Å²) in [7, 11) is 1.38. The minimum absolute atomic E-state index is 0.0436. The lowest BCUT2D eigenvalue weighted by Gasteiger charge is -2.28. The van der Waals surface area contributed by atoms with E-state index in [-0.39, 0.29) is 17.8 Å². The number of esters is 1. The van der Waals surface area contributed by atoms with Crippen LogP contribution in [0.15, 0.2) is 24.3 Å². The molecule has 0 bridgehead atoms. The molecular weight excluding hydrogens is 304 g/mol. The number of amides is 1. The Hall–Kier alpha value is -1.88. The average molecular weight is 334 g/mol. The molecule has 1 unspecified atom stereocenters. The van der Waals surface area contributed by atoms with Crippen molar-refractivity contribution in [3.63, 3.8) is 0 Å². The molecule has 1 aromatic carbocycles. The molecule has 0 N–H and O–H groups in total. The van der Waals surface area contributed by atoms with Gasteiger partial charge in [0.2, 0.25) is 0 Å². The predicted molar refractivity (Wildman–Crippen MR) is 96.1 cm³/mol. The predicted octanol–water partition coefficient (Wildman–Crippen LogP) is 2.59. The number of methoxy groups -OCH3 is 1. The Balaban J connectivity index is 2.87. The summed E-state index contributed by atoms with van der Waals surface area (Å²) in [4.78, 5) is 28.6. The first-order valence-corrected chi connectivity index (χ1v) is 8.59. The molecule has 1 atom stereocenters. The highest BCUT2D eigenvalue weighted by atomic mass is 16.5. The largest absolute Gasteiger partial charge is 0.469 e. The Kier molecular flexibility index (Phi) is 8.47. The van der Waals surface area contributed by atoms with Crippen LogP contribution in [0.5, 0.6) is 0 Å². The maximum absolute atomic E-state index is 12.8. The number of hydrogen-bond acceptors (Lipinski definition) is 4. The summed E-state index contributed by atoms with van der Waals surface area (Å²) in [5.41, 5.74) is 1.77. The highest BCUT2D eigenvalue weighted by Crippen LogP contribution is 2.11. The van der Waals surface area contributed by atoms with E-state index < -0.39 is 0 Å². The summed E-state index contributed by atoms with van der Waals surface area (Å²) < 4.78 is 4.79.